The van der Waals surface area contributed by atoms with Crippen LogP contribution in [0.4, 0.5) is 0 Å². The second-order valence-corrected chi connectivity index (χ2v) is 11.9. The van der Waals surface area contributed by atoms with Gasteiger partial charge < -0.3 is 19.0 Å². The number of ether oxygens (including phenoxy) is 2. The first-order valence-electron chi connectivity index (χ1n) is 7.41. The van der Waals surface area contributed by atoms with Crippen molar-refractivity contribution in [2.45, 2.75) is 39.0 Å². The predicted octanol–water partition coefficient (Wildman–Crippen LogP) is 2.83. The molecule has 0 aliphatic rings. The predicted molar refractivity (Wildman–Crippen MR) is 91.8 cm³/mol. The molecule has 7 heteroatoms. The summed E-state index contributed by atoms with van der Waals surface area (Å²) in [5.41, 5.74) is 1.03. The van der Waals surface area contributed by atoms with Gasteiger partial charge in [-0.1, -0.05) is 36.8 Å². The van der Waals surface area contributed by atoms with E-state index in [0.717, 1.165) is 5.56 Å². The van der Waals surface area contributed by atoms with Crippen molar-refractivity contribution >= 4 is 19.3 Å². The standard InChI is InChI=1S/C15H27NO4SSi/c1-6-20-15-11-12(7-8-14(15)19-2)13(9-10-21(17)18)16-22(3,4)5/h7-8,11,13,16H,6,9-10H2,1-5H3,(H,17,18)/p-1. The fraction of sp³-hybridized carbons (Fsp3) is 0.600. The van der Waals surface area contributed by atoms with Gasteiger partial charge in [0.15, 0.2) is 11.5 Å². The van der Waals surface area contributed by atoms with Gasteiger partial charge in [0.05, 0.1) is 13.7 Å². The largest absolute Gasteiger partial charge is 0.772 e. The maximum atomic E-state index is 10.9. The SMILES string of the molecule is CCOc1cc(C(CCS(=O)[O-])N[Si](C)(C)C)ccc1OC. The summed E-state index contributed by atoms with van der Waals surface area (Å²) in [5.74, 6) is 1.51. The van der Waals surface area contributed by atoms with Crippen LogP contribution in [0.2, 0.25) is 19.6 Å². The Labute approximate surface area is 136 Å². The molecule has 1 aromatic carbocycles. The number of benzene rings is 1. The molecule has 0 saturated heterocycles. The molecule has 0 aliphatic carbocycles. The van der Waals surface area contributed by atoms with Crippen LogP contribution in [-0.4, -0.2) is 36.5 Å². The van der Waals surface area contributed by atoms with Crippen LogP contribution in [0.1, 0.15) is 24.9 Å². The van der Waals surface area contributed by atoms with E-state index in [0.29, 0.717) is 24.5 Å². The van der Waals surface area contributed by atoms with Crippen molar-refractivity contribution in [1.82, 2.24) is 4.98 Å². The van der Waals surface area contributed by atoms with E-state index < -0.39 is 19.3 Å². The molecular formula is C15H26NO4SSi-. The van der Waals surface area contributed by atoms with Crippen LogP contribution in [-0.2, 0) is 11.1 Å². The molecule has 1 rings (SSSR count). The van der Waals surface area contributed by atoms with Gasteiger partial charge >= 0.3 is 0 Å². The minimum atomic E-state index is -2.03. The van der Waals surface area contributed by atoms with E-state index >= 15 is 0 Å². The van der Waals surface area contributed by atoms with E-state index in [2.05, 4.69) is 24.6 Å². The normalized spacial score (nSPS) is 14.5. The van der Waals surface area contributed by atoms with E-state index in [1.54, 1.807) is 7.11 Å². The summed E-state index contributed by atoms with van der Waals surface area (Å²) >= 11 is -2.03. The van der Waals surface area contributed by atoms with E-state index in [9.17, 15) is 8.76 Å². The maximum Gasteiger partial charge on any atom is 0.161 e. The first kappa shape index (κ1) is 19.2. The van der Waals surface area contributed by atoms with Gasteiger partial charge in [-0.15, -0.1) is 0 Å². The van der Waals surface area contributed by atoms with Crippen LogP contribution >= 0.6 is 0 Å². The van der Waals surface area contributed by atoms with Crippen molar-refractivity contribution < 1.29 is 18.2 Å². The Morgan fingerprint density at radius 2 is 2.00 bits per heavy atom. The van der Waals surface area contributed by atoms with Crippen molar-refractivity contribution in [2.24, 2.45) is 0 Å². The van der Waals surface area contributed by atoms with Crippen molar-refractivity contribution in [2.75, 3.05) is 19.5 Å². The molecule has 0 aliphatic heterocycles. The summed E-state index contributed by atoms with van der Waals surface area (Å²) in [7, 11) is 0.0511. The molecule has 1 aromatic rings. The fourth-order valence-corrected chi connectivity index (χ4v) is 4.02. The first-order chi connectivity index (χ1) is 10.3. The fourth-order valence-electron chi connectivity index (χ4n) is 2.24. The Balaban J connectivity index is 3.06. The molecule has 1 N–H and O–H groups in total. The van der Waals surface area contributed by atoms with Gasteiger partial charge in [0.1, 0.15) is 8.24 Å². The molecule has 0 radical (unpaired) electrons. The summed E-state index contributed by atoms with van der Waals surface area (Å²) in [5, 5.41) is 0. The molecule has 0 saturated carbocycles. The van der Waals surface area contributed by atoms with Crippen molar-refractivity contribution in [3.05, 3.63) is 23.8 Å². The van der Waals surface area contributed by atoms with Gasteiger partial charge in [0.2, 0.25) is 0 Å². The van der Waals surface area contributed by atoms with Crippen molar-refractivity contribution in [3.63, 3.8) is 0 Å². The summed E-state index contributed by atoms with van der Waals surface area (Å²) in [4.78, 5) is 3.60. The molecule has 2 atom stereocenters. The lowest BCUT2D eigenvalue weighted by Crippen LogP contribution is -2.44. The summed E-state index contributed by atoms with van der Waals surface area (Å²) < 4.78 is 32.7. The zero-order chi connectivity index (χ0) is 16.8. The minimum absolute atomic E-state index is 0.00493. The van der Waals surface area contributed by atoms with Gasteiger partial charge in [-0.3, -0.25) is 4.21 Å². The van der Waals surface area contributed by atoms with Gasteiger partial charge in [-0.25, -0.2) is 0 Å². The highest BCUT2D eigenvalue weighted by Crippen LogP contribution is 2.31. The molecule has 2 unspecified atom stereocenters. The number of nitrogens with one attached hydrogen (secondary N) is 1. The highest BCUT2D eigenvalue weighted by Gasteiger charge is 2.21. The van der Waals surface area contributed by atoms with Crippen molar-refractivity contribution in [1.29, 1.82) is 0 Å². The Bertz CT molecular complexity index is 505. The monoisotopic (exact) mass is 344 g/mol. The third-order valence-electron chi connectivity index (χ3n) is 3.07. The smallest absolute Gasteiger partial charge is 0.161 e. The van der Waals surface area contributed by atoms with Crippen molar-refractivity contribution in [3.8, 4) is 11.5 Å². The molecular weight excluding hydrogens is 318 g/mol. The molecule has 5 nitrogen and oxygen atoms in total. The number of hydrogen-bond acceptors (Lipinski definition) is 5. The molecule has 22 heavy (non-hydrogen) atoms. The Kier molecular flexibility index (Phi) is 7.54. The molecule has 126 valence electrons. The van der Waals surface area contributed by atoms with E-state index in [4.69, 9.17) is 9.47 Å². The quantitative estimate of drug-likeness (QED) is 0.551. The molecule has 0 heterocycles. The van der Waals surface area contributed by atoms with Crippen LogP contribution in [0.5, 0.6) is 11.5 Å². The summed E-state index contributed by atoms with van der Waals surface area (Å²) in [6.45, 7) is 9.06. The molecule has 0 spiro atoms. The van der Waals surface area contributed by atoms with Crippen LogP contribution in [0.25, 0.3) is 0 Å². The minimum Gasteiger partial charge on any atom is -0.772 e. The lowest BCUT2D eigenvalue weighted by molar-refractivity contribution is 0.310. The number of methoxy groups -OCH3 is 1. The number of rotatable bonds is 9. The first-order valence-corrected chi connectivity index (χ1v) is 12.2. The van der Waals surface area contributed by atoms with Gasteiger partial charge in [0, 0.05) is 11.8 Å². The summed E-state index contributed by atoms with van der Waals surface area (Å²) in [6.07, 6.45) is 0.540. The van der Waals surface area contributed by atoms with E-state index in [-0.39, 0.29) is 11.8 Å². The van der Waals surface area contributed by atoms with E-state index in [1.807, 2.05) is 25.1 Å². The molecule has 0 fully saturated rings. The van der Waals surface area contributed by atoms with E-state index in [1.165, 1.54) is 0 Å². The lowest BCUT2D eigenvalue weighted by Gasteiger charge is -2.28. The van der Waals surface area contributed by atoms with Crippen LogP contribution in [0.15, 0.2) is 18.2 Å². The topological polar surface area (TPSA) is 70.6 Å². The third kappa shape index (κ3) is 6.47. The van der Waals surface area contributed by atoms with Crippen LogP contribution in [0.3, 0.4) is 0 Å². The second-order valence-electron chi connectivity index (χ2n) is 6.09. The zero-order valence-corrected chi connectivity index (χ0v) is 15.8. The van der Waals surface area contributed by atoms with Crippen LogP contribution in [0, 0.1) is 0 Å². The highest BCUT2D eigenvalue weighted by atomic mass is 32.2. The second kappa shape index (κ2) is 8.66. The Hall–Kier alpha value is -0.893. The van der Waals surface area contributed by atoms with Gasteiger partial charge in [-0.05, 0) is 31.0 Å². The average Bonchev–Trinajstić information content (AvgIpc) is 2.42. The highest BCUT2D eigenvalue weighted by molar-refractivity contribution is 7.79. The van der Waals surface area contributed by atoms with Crippen LogP contribution < -0.4 is 14.5 Å². The average molecular weight is 345 g/mol. The summed E-state index contributed by atoms with van der Waals surface area (Å²) in [6, 6.07) is 5.77. The Morgan fingerprint density at radius 1 is 1.32 bits per heavy atom. The lowest BCUT2D eigenvalue weighted by atomic mass is 10.0. The van der Waals surface area contributed by atoms with Gasteiger partial charge in [-0.2, -0.15) is 0 Å². The third-order valence-corrected chi connectivity index (χ3v) is 4.85. The zero-order valence-electron chi connectivity index (χ0n) is 14.0. The van der Waals surface area contributed by atoms with Gasteiger partial charge in [0.25, 0.3) is 0 Å². The molecule has 0 amide bonds. The Morgan fingerprint density at radius 3 is 2.50 bits per heavy atom. The number of hydrogen-bond donors (Lipinski definition) is 1. The molecule has 0 bridgehead atoms. The maximum absolute atomic E-state index is 10.9. The molecule has 0 aromatic heterocycles.